The van der Waals surface area contributed by atoms with Gasteiger partial charge in [-0.1, -0.05) is 71.3 Å². The van der Waals surface area contributed by atoms with Crippen LogP contribution in [0.4, 0.5) is 0 Å². The van der Waals surface area contributed by atoms with Crippen LogP contribution in [-0.4, -0.2) is 63.4 Å². The second-order valence-corrected chi connectivity index (χ2v) is 15.0. The summed E-state index contributed by atoms with van der Waals surface area (Å²) >= 11 is 5.15. The van der Waals surface area contributed by atoms with Gasteiger partial charge in [0.05, 0.1) is 52.4 Å². The van der Waals surface area contributed by atoms with Gasteiger partial charge in [-0.25, -0.2) is 21.3 Å². The van der Waals surface area contributed by atoms with Crippen LogP contribution in [0.1, 0.15) is 13.8 Å². The third kappa shape index (κ3) is 10.7. The van der Waals surface area contributed by atoms with Crippen LogP contribution >= 0.6 is 47.0 Å². The van der Waals surface area contributed by atoms with Crippen LogP contribution in [-0.2, 0) is 28.7 Å². The molecule has 54 heavy (non-hydrogen) atoms. The summed E-state index contributed by atoms with van der Waals surface area (Å²) in [4.78, 5) is 54.5. The molecule has 1 aliphatic heterocycles. The van der Waals surface area contributed by atoms with Gasteiger partial charge in [0.2, 0.25) is 0 Å². The molecule has 6 N–H and O–H groups in total. The Morgan fingerprint density at radius 3 is 0.926 bits per heavy atom. The third-order valence-electron chi connectivity index (χ3n) is 6.95. The number of hydrazine groups is 2. The maximum Gasteiger partial charge on any atom is 0.344 e. The SMILES string of the molecule is CCOC(=O)COc1c2cccc1Sc1cccc(c1OCC(=O)NN)Sc1cccc(c1OCC(=O)OCC)Sc1cccc(c1OCC(=O)NN)S2. The molecule has 0 radical (unpaired) electrons. The molecular weight excluding hydrogens is 777 g/mol. The van der Waals surface area contributed by atoms with Crippen LogP contribution in [0.15, 0.2) is 112 Å². The van der Waals surface area contributed by atoms with Crippen molar-refractivity contribution < 1.29 is 47.6 Å². The Kier molecular flexibility index (Phi) is 15.1. The molecular formula is C36H36N4O10S4. The zero-order chi connectivity index (χ0) is 38.5. The van der Waals surface area contributed by atoms with Crippen LogP contribution < -0.4 is 41.5 Å². The minimum atomic E-state index is -0.553. The fourth-order valence-corrected chi connectivity index (χ4v) is 9.17. The monoisotopic (exact) mass is 812 g/mol. The van der Waals surface area contributed by atoms with Gasteiger partial charge in [0.15, 0.2) is 26.4 Å². The molecule has 0 aliphatic carbocycles. The molecule has 0 spiro atoms. The highest BCUT2D eigenvalue weighted by atomic mass is 32.2. The lowest BCUT2D eigenvalue weighted by Gasteiger charge is -2.21. The van der Waals surface area contributed by atoms with E-state index in [0.717, 1.165) is 0 Å². The summed E-state index contributed by atoms with van der Waals surface area (Å²) in [5.41, 5.74) is 4.17. The molecule has 0 saturated heterocycles. The molecule has 0 aromatic heterocycles. The Balaban J connectivity index is 1.73. The molecule has 1 aliphatic rings. The highest BCUT2D eigenvalue weighted by molar-refractivity contribution is 8.01. The minimum absolute atomic E-state index is 0.181. The molecule has 8 bridgehead atoms. The molecule has 4 aromatic carbocycles. The van der Waals surface area contributed by atoms with E-state index < -0.39 is 23.8 Å². The first-order valence-electron chi connectivity index (χ1n) is 16.3. The van der Waals surface area contributed by atoms with E-state index in [0.29, 0.717) is 62.2 Å². The highest BCUT2D eigenvalue weighted by Gasteiger charge is 2.24. The number of amides is 2. The van der Waals surface area contributed by atoms with Crippen molar-refractivity contribution in [2.24, 2.45) is 11.7 Å². The average Bonchev–Trinajstić information content (AvgIpc) is 3.16. The van der Waals surface area contributed by atoms with Gasteiger partial charge in [-0.3, -0.25) is 20.4 Å². The number of esters is 2. The van der Waals surface area contributed by atoms with Crippen molar-refractivity contribution >= 4 is 70.8 Å². The molecule has 14 nitrogen and oxygen atoms in total. The molecule has 18 heteroatoms. The predicted octanol–water partition coefficient (Wildman–Crippen LogP) is 5.23. The van der Waals surface area contributed by atoms with E-state index in [1.165, 1.54) is 47.0 Å². The van der Waals surface area contributed by atoms with Gasteiger partial charge in [0.1, 0.15) is 23.0 Å². The fourth-order valence-electron chi connectivity index (χ4n) is 4.69. The number of carbonyl (C=O) groups excluding carboxylic acids is 4. The number of nitrogens with one attached hydrogen (secondary N) is 2. The van der Waals surface area contributed by atoms with Gasteiger partial charge in [-0.15, -0.1) is 0 Å². The molecule has 0 atom stereocenters. The van der Waals surface area contributed by atoms with E-state index >= 15 is 0 Å². The van der Waals surface area contributed by atoms with Crippen molar-refractivity contribution in [2.75, 3.05) is 39.6 Å². The van der Waals surface area contributed by atoms with E-state index in [9.17, 15) is 19.2 Å². The molecule has 0 unspecified atom stereocenters. The quantitative estimate of drug-likeness (QED) is 0.0492. The second kappa shape index (κ2) is 20.1. The lowest BCUT2D eigenvalue weighted by atomic mass is 10.3. The van der Waals surface area contributed by atoms with Crippen LogP contribution in [0.3, 0.4) is 0 Å². The normalized spacial score (nSPS) is 11.8. The number of carbonyl (C=O) groups is 4. The smallest absolute Gasteiger partial charge is 0.344 e. The van der Waals surface area contributed by atoms with Crippen molar-refractivity contribution in [3.05, 3.63) is 72.8 Å². The molecule has 5 rings (SSSR count). The van der Waals surface area contributed by atoms with Gasteiger partial charge in [0.25, 0.3) is 11.8 Å². The summed E-state index contributed by atoms with van der Waals surface area (Å²) in [6.45, 7) is 2.28. The predicted molar refractivity (Wildman–Crippen MR) is 202 cm³/mol. The van der Waals surface area contributed by atoms with Gasteiger partial charge in [-0.2, -0.15) is 0 Å². The lowest BCUT2D eigenvalue weighted by molar-refractivity contribution is -0.146. The zero-order valence-corrected chi connectivity index (χ0v) is 32.3. The fraction of sp³-hybridized carbons (Fsp3) is 0.222. The van der Waals surface area contributed by atoms with Crippen molar-refractivity contribution in [2.45, 2.75) is 53.0 Å². The van der Waals surface area contributed by atoms with Gasteiger partial charge >= 0.3 is 11.9 Å². The topological polar surface area (TPSA) is 200 Å². The first-order valence-corrected chi connectivity index (χ1v) is 19.6. The maximum absolute atomic E-state index is 12.5. The van der Waals surface area contributed by atoms with Gasteiger partial charge in [0, 0.05) is 0 Å². The first kappa shape index (κ1) is 40.5. The van der Waals surface area contributed by atoms with E-state index in [1.807, 2.05) is 72.8 Å². The Morgan fingerprint density at radius 2 is 0.704 bits per heavy atom. The summed E-state index contributed by atoms with van der Waals surface area (Å²) in [5.74, 6) is 10.0. The van der Waals surface area contributed by atoms with Gasteiger partial charge < -0.3 is 28.4 Å². The summed E-state index contributed by atoms with van der Waals surface area (Å²) in [6, 6.07) is 22.0. The molecule has 2 amide bonds. The summed E-state index contributed by atoms with van der Waals surface area (Å²) in [7, 11) is 0. The average molecular weight is 813 g/mol. The van der Waals surface area contributed by atoms with Crippen LogP contribution in [0.5, 0.6) is 23.0 Å². The number of rotatable bonds is 14. The molecule has 4 aromatic rings. The van der Waals surface area contributed by atoms with E-state index in [1.54, 1.807) is 13.8 Å². The zero-order valence-electron chi connectivity index (χ0n) is 29.0. The van der Waals surface area contributed by atoms with Crippen molar-refractivity contribution in [3.8, 4) is 23.0 Å². The third-order valence-corrected chi connectivity index (χ3v) is 11.3. The molecule has 284 valence electrons. The van der Waals surface area contributed by atoms with Crippen LogP contribution in [0, 0.1) is 0 Å². The summed E-state index contributed by atoms with van der Waals surface area (Å²) < 4.78 is 34.9. The number of nitrogens with two attached hydrogens (primary N) is 2. The van der Waals surface area contributed by atoms with Gasteiger partial charge in [-0.05, 0) is 62.4 Å². The van der Waals surface area contributed by atoms with E-state index in [-0.39, 0.29) is 39.6 Å². The van der Waals surface area contributed by atoms with Crippen LogP contribution in [0.2, 0.25) is 0 Å². The lowest BCUT2D eigenvalue weighted by Crippen LogP contribution is -2.34. The number of hydrogen-bond acceptors (Lipinski definition) is 16. The second-order valence-electron chi connectivity index (χ2n) is 10.6. The number of fused-ring (bicyclic) bond motifs is 8. The van der Waals surface area contributed by atoms with E-state index in [4.69, 9.17) is 40.1 Å². The Hall–Kier alpha value is -4.72. The standard InChI is InChI=1S/C36H36N4O10S4/c1-3-45-31(43)19-49-35-25-13-7-14-26(35)52-22-10-6-12-24(34(22)48-18-30(42)40-38)54-28-16-8-15-27(36(28)50-20-32(44)46-4-2)53-23-11-5-9-21(51-25)33(23)47-17-29(41)39-37/h5-16H,3-4,17-20,37-38H2,1-2H3,(H,39,41)(H,40,42). The minimum Gasteiger partial charge on any atom is -0.481 e. The van der Waals surface area contributed by atoms with Crippen molar-refractivity contribution in [3.63, 3.8) is 0 Å². The first-order chi connectivity index (χ1) is 26.2. The molecule has 1 heterocycles. The maximum atomic E-state index is 12.5. The Bertz CT molecular complexity index is 1780. The van der Waals surface area contributed by atoms with E-state index in [2.05, 4.69) is 10.9 Å². The number of hydrogen-bond donors (Lipinski definition) is 4. The number of ether oxygens (including phenoxy) is 6. The summed E-state index contributed by atoms with van der Waals surface area (Å²) in [5, 5.41) is 0. The number of benzene rings is 4. The highest BCUT2D eigenvalue weighted by Crippen LogP contribution is 2.53. The molecule has 0 saturated carbocycles. The van der Waals surface area contributed by atoms with Crippen molar-refractivity contribution in [1.82, 2.24) is 10.9 Å². The summed E-state index contributed by atoms with van der Waals surface area (Å²) in [6.07, 6.45) is 0. The number of para-hydroxylation sites is 4. The molecule has 0 fully saturated rings. The van der Waals surface area contributed by atoms with Crippen LogP contribution in [0.25, 0.3) is 0 Å². The van der Waals surface area contributed by atoms with Crippen molar-refractivity contribution in [1.29, 1.82) is 0 Å². The largest absolute Gasteiger partial charge is 0.481 e. The Morgan fingerprint density at radius 1 is 0.463 bits per heavy atom. The Labute approximate surface area is 328 Å².